The highest BCUT2D eigenvalue weighted by atomic mass is 35.5. The van der Waals surface area contributed by atoms with Gasteiger partial charge in [-0.2, -0.15) is 0 Å². The van der Waals surface area contributed by atoms with E-state index in [2.05, 4.69) is 5.32 Å². The smallest absolute Gasteiger partial charge is 0.164 e. The van der Waals surface area contributed by atoms with Crippen molar-refractivity contribution in [3.05, 3.63) is 52.8 Å². The number of rotatable bonds is 3. The second-order valence-electron chi connectivity index (χ2n) is 4.43. The van der Waals surface area contributed by atoms with Crippen LogP contribution in [-0.4, -0.2) is 13.2 Å². The minimum atomic E-state index is -0.438. The number of fused-ring (bicyclic) bond motifs is 1. The van der Waals surface area contributed by atoms with Gasteiger partial charge < -0.3 is 14.8 Å². The first kappa shape index (κ1) is 13.1. The number of hydrogen-bond acceptors (Lipinski definition) is 3. The van der Waals surface area contributed by atoms with E-state index in [4.69, 9.17) is 21.1 Å². The van der Waals surface area contributed by atoms with E-state index in [1.807, 2.05) is 18.2 Å². The minimum absolute atomic E-state index is 0.108. The Bertz CT molecular complexity index is 633. The summed E-state index contributed by atoms with van der Waals surface area (Å²) in [6.45, 7) is 1.60. The number of anilines is 1. The molecule has 0 atom stereocenters. The second kappa shape index (κ2) is 5.59. The van der Waals surface area contributed by atoms with Crippen LogP contribution in [0.25, 0.3) is 0 Å². The minimum Gasteiger partial charge on any atom is -0.486 e. The summed E-state index contributed by atoms with van der Waals surface area (Å²) in [4.78, 5) is 0. The molecule has 2 aromatic rings. The SMILES string of the molecule is Fc1c(Cl)cccc1NCc1ccc2c(c1)OCCO2. The van der Waals surface area contributed by atoms with Crippen molar-refractivity contribution in [2.24, 2.45) is 0 Å². The van der Waals surface area contributed by atoms with Gasteiger partial charge in [0.1, 0.15) is 13.2 Å². The molecule has 20 heavy (non-hydrogen) atoms. The van der Waals surface area contributed by atoms with Crippen molar-refractivity contribution in [2.45, 2.75) is 6.54 Å². The van der Waals surface area contributed by atoms with Crippen LogP contribution in [-0.2, 0) is 6.54 Å². The summed E-state index contributed by atoms with van der Waals surface area (Å²) in [6, 6.07) is 10.6. The number of hydrogen-bond donors (Lipinski definition) is 1. The first-order chi connectivity index (χ1) is 9.74. The normalized spacial score (nSPS) is 13.1. The van der Waals surface area contributed by atoms with Crippen LogP contribution in [0.5, 0.6) is 11.5 Å². The summed E-state index contributed by atoms with van der Waals surface area (Å²) in [7, 11) is 0. The molecular weight excluding hydrogens is 281 g/mol. The Hall–Kier alpha value is -1.94. The van der Waals surface area contributed by atoms with E-state index in [9.17, 15) is 4.39 Å². The zero-order valence-electron chi connectivity index (χ0n) is 10.7. The predicted molar refractivity (Wildman–Crippen MR) is 76.2 cm³/mol. The first-order valence-corrected chi connectivity index (χ1v) is 6.68. The molecule has 1 N–H and O–H groups in total. The molecule has 0 saturated carbocycles. The van der Waals surface area contributed by atoms with Crippen molar-refractivity contribution >= 4 is 17.3 Å². The lowest BCUT2D eigenvalue weighted by Crippen LogP contribution is -2.15. The molecule has 0 saturated heterocycles. The average molecular weight is 294 g/mol. The molecule has 1 aliphatic heterocycles. The monoisotopic (exact) mass is 293 g/mol. The Morgan fingerprint density at radius 1 is 1.10 bits per heavy atom. The van der Waals surface area contributed by atoms with Crippen LogP contribution in [0.1, 0.15) is 5.56 Å². The number of halogens is 2. The predicted octanol–water partition coefficient (Wildman–Crippen LogP) is 3.86. The Morgan fingerprint density at radius 2 is 1.90 bits per heavy atom. The van der Waals surface area contributed by atoms with Crippen LogP contribution >= 0.6 is 11.6 Å². The molecule has 104 valence electrons. The van der Waals surface area contributed by atoms with E-state index in [0.717, 1.165) is 17.1 Å². The zero-order chi connectivity index (χ0) is 13.9. The van der Waals surface area contributed by atoms with Crippen LogP contribution in [0.2, 0.25) is 5.02 Å². The second-order valence-corrected chi connectivity index (χ2v) is 4.84. The third kappa shape index (κ3) is 2.65. The van der Waals surface area contributed by atoms with Gasteiger partial charge in [0.25, 0.3) is 0 Å². The van der Waals surface area contributed by atoms with Crippen molar-refractivity contribution in [2.75, 3.05) is 18.5 Å². The van der Waals surface area contributed by atoms with Crippen molar-refractivity contribution < 1.29 is 13.9 Å². The molecule has 0 unspecified atom stereocenters. The fourth-order valence-corrected chi connectivity index (χ4v) is 2.21. The van der Waals surface area contributed by atoms with Gasteiger partial charge in [0.15, 0.2) is 17.3 Å². The maximum atomic E-state index is 13.7. The van der Waals surface area contributed by atoms with E-state index in [1.165, 1.54) is 6.07 Å². The van der Waals surface area contributed by atoms with E-state index < -0.39 is 5.82 Å². The molecule has 3 rings (SSSR count). The van der Waals surface area contributed by atoms with Gasteiger partial charge >= 0.3 is 0 Å². The third-order valence-corrected chi connectivity index (χ3v) is 3.33. The van der Waals surface area contributed by atoms with Gasteiger partial charge in [-0.25, -0.2) is 4.39 Å². The fourth-order valence-electron chi connectivity index (χ4n) is 2.04. The number of benzene rings is 2. The number of ether oxygens (including phenoxy) is 2. The van der Waals surface area contributed by atoms with Crippen LogP contribution in [0, 0.1) is 5.82 Å². The standard InChI is InChI=1S/C15H13ClFNO2/c16-11-2-1-3-12(15(11)17)18-9-10-4-5-13-14(8-10)20-7-6-19-13/h1-5,8,18H,6-7,9H2. The highest BCUT2D eigenvalue weighted by Crippen LogP contribution is 2.31. The van der Waals surface area contributed by atoms with E-state index in [0.29, 0.717) is 25.4 Å². The molecule has 0 fully saturated rings. The zero-order valence-corrected chi connectivity index (χ0v) is 11.4. The summed E-state index contributed by atoms with van der Waals surface area (Å²) >= 11 is 5.74. The first-order valence-electron chi connectivity index (χ1n) is 6.30. The Kier molecular flexibility index (Phi) is 3.65. The lowest BCUT2D eigenvalue weighted by atomic mass is 10.2. The highest BCUT2D eigenvalue weighted by Gasteiger charge is 2.12. The molecule has 5 heteroatoms. The maximum absolute atomic E-state index is 13.7. The molecule has 1 heterocycles. The average Bonchev–Trinajstić information content (AvgIpc) is 2.48. The fraction of sp³-hybridized carbons (Fsp3) is 0.200. The molecule has 2 aromatic carbocycles. The van der Waals surface area contributed by atoms with Gasteiger partial charge in [-0.15, -0.1) is 0 Å². The van der Waals surface area contributed by atoms with Crippen LogP contribution < -0.4 is 14.8 Å². The van der Waals surface area contributed by atoms with Crippen molar-refractivity contribution in [3.8, 4) is 11.5 Å². The molecular formula is C15H13ClFNO2. The molecule has 0 aliphatic carbocycles. The van der Waals surface area contributed by atoms with Crippen molar-refractivity contribution in [1.82, 2.24) is 0 Å². The lowest BCUT2D eigenvalue weighted by Gasteiger charge is -2.19. The highest BCUT2D eigenvalue weighted by molar-refractivity contribution is 6.31. The summed E-state index contributed by atoms with van der Waals surface area (Å²) in [5.41, 5.74) is 1.36. The summed E-state index contributed by atoms with van der Waals surface area (Å²) in [5.74, 6) is 1.03. The summed E-state index contributed by atoms with van der Waals surface area (Å²) in [6.07, 6.45) is 0. The number of nitrogens with one attached hydrogen (secondary N) is 1. The van der Waals surface area contributed by atoms with E-state index in [-0.39, 0.29) is 5.02 Å². The van der Waals surface area contributed by atoms with Crippen molar-refractivity contribution in [1.29, 1.82) is 0 Å². The molecule has 0 bridgehead atoms. The summed E-state index contributed by atoms with van der Waals surface area (Å²) in [5, 5.41) is 3.13. The van der Waals surface area contributed by atoms with Crippen LogP contribution in [0.4, 0.5) is 10.1 Å². The van der Waals surface area contributed by atoms with E-state index in [1.54, 1.807) is 12.1 Å². The molecule has 0 radical (unpaired) electrons. The molecule has 1 aliphatic rings. The van der Waals surface area contributed by atoms with Gasteiger partial charge in [0.2, 0.25) is 0 Å². The van der Waals surface area contributed by atoms with Crippen molar-refractivity contribution in [3.63, 3.8) is 0 Å². The Morgan fingerprint density at radius 3 is 2.75 bits per heavy atom. The van der Waals surface area contributed by atoms with Gasteiger partial charge in [-0.1, -0.05) is 23.7 Å². The third-order valence-electron chi connectivity index (χ3n) is 3.04. The van der Waals surface area contributed by atoms with Gasteiger partial charge in [-0.3, -0.25) is 0 Å². The topological polar surface area (TPSA) is 30.5 Å². The molecule has 3 nitrogen and oxygen atoms in total. The van der Waals surface area contributed by atoms with Gasteiger partial charge in [0.05, 0.1) is 10.7 Å². The molecule has 0 spiro atoms. The lowest BCUT2D eigenvalue weighted by molar-refractivity contribution is 0.171. The van der Waals surface area contributed by atoms with Gasteiger partial charge in [-0.05, 0) is 29.8 Å². The maximum Gasteiger partial charge on any atom is 0.164 e. The summed E-state index contributed by atoms with van der Waals surface area (Å²) < 4.78 is 24.7. The Labute approximate surface area is 121 Å². The quantitative estimate of drug-likeness (QED) is 0.932. The van der Waals surface area contributed by atoms with Gasteiger partial charge in [0, 0.05) is 6.54 Å². The van der Waals surface area contributed by atoms with Crippen LogP contribution in [0.3, 0.4) is 0 Å². The Balaban J connectivity index is 1.73. The molecule has 0 aromatic heterocycles. The van der Waals surface area contributed by atoms with Crippen LogP contribution in [0.15, 0.2) is 36.4 Å². The largest absolute Gasteiger partial charge is 0.486 e. The van der Waals surface area contributed by atoms with E-state index >= 15 is 0 Å². The molecule has 0 amide bonds.